The van der Waals surface area contributed by atoms with Gasteiger partial charge >= 0.3 is 0 Å². The first-order valence-electron chi connectivity index (χ1n) is 8.35. The molecular formula is C20H14ClN5S. The Kier molecular flexibility index (Phi) is 3.81. The van der Waals surface area contributed by atoms with E-state index in [0.717, 1.165) is 43.9 Å². The predicted octanol–water partition coefficient (Wildman–Crippen LogP) is 5.64. The Morgan fingerprint density at radius 1 is 1.04 bits per heavy atom. The lowest BCUT2D eigenvalue weighted by Crippen LogP contribution is -1.97. The van der Waals surface area contributed by atoms with Crippen LogP contribution in [0.5, 0.6) is 0 Å². The van der Waals surface area contributed by atoms with E-state index < -0.39 is 0 Å². The first kappa shape index (κ1) is 16.2. The highest BCUT2D eigenvalue weighted by molar-refractivity contribution is 7.16. The van der Waals surface area contributed by atoms with Gasteiger partial charge in [-0.25, -0.2) is 15.0 Å². The highest BCUT2D eigenvalue weighted by Crippen LogP contribution is 2.34. The van der Waals surface area contributed by atoms with Crippen molar-refractivity contribution in [2.75, 3.05) is 5.32 Å². The number of hydrogen-bond acceptors (Lipinski definition) is 5. The smallest absolute Gasteiger partial charge is 0.141 e. The van der Waals surface area contributed by atoms with Gasteiger partial charge in [0.25, 0.3) is 0 Å². The van der Waals surface area contributed by atoms with Gasteiger partial charge in [0, 0.05) is 35.6 Å². The molecule has 2 aromatic carbocycles. The van der Waals surface area contributed by atoms with Gasteiger partial charge < -0.3 is 9.88 Å². The Balaban J connectivity index is 1.64. The minimum atomic E-state index is 0.665. The first-order valence-corrected chi connectivity index (χ1v) is 9.61. The van der Waals surface area contributed by atoms with E-state index in [1.165, 1.54) is 0 Å². The maximum absolute atomic E-state index is 6.53. The van der Waals surface area contributed by atoms with Crippen LogP contribution in [0.4, 0.5) is 11.5 Å². The largest absolute Gasteiger partial charge is 0.351 e. The standard InChI is InChI=1S/C20H14ClN5S/c1-26-6-2-3-18(26)13-8-14-16(9-15(13)21)22-10-23-20(14)25-12-4-5-19-17(7-12)24-11-27-19/h2-11H,1H3,(H,22,23,25). The van der Waals surface area contributed by atoms with Crippen molar-refractivity contribution in [2.24, 2.45) is 7.05 Å². The first-order chi connectivity index (χ1) is 13.2. The van der Waals surface area contributed by atoms with Gasteiger partial charge in [-0.2, -0.15) is 0 Å². The number of rotatable bonds is 3. The molecular weight excluding hydrogens is 378 g/mol. The third-order valence-corrected chi connectivity index (χ3v) is 5.66. The SMILES string of the molecule is Cn1cccc1-c1cc2c(Nc3ccc4scnc4c3)ncnc2cc1Cl. The van der Waals surface area contributed by atoms with Crippen LogP contribution in [0.2, 0.25) is 5.02 Å². The lowest BCUT2D eigenvalue weighted by Gasteiger charge is -2.12. The van der Waals surface area contributed by atoms with E-state index in [1.54, 1.807) is 17.7 Å². The Hall–Kier alpha value is -2.96. The minimum Gasteiger partial charge on any atom is -0.351 e. The molecule has 0 unspecified atom stereocenters. The van der Waals surface area contributed by atoms with Gasteiger partial charge in [0.05, 0.1) is 26.3 Å². The second-order valence-electron chi connectivity index (χ2n) is 6.24. The van der Waals surface area contributed by atoms with Crippen LogP contribution in [0.15, 0.2) is 60.5 Å². The number of fused-ring (bicyclic) bond motifs is 2. The molecule has 0 atom stereocenters. The normalized spacial score (nSPS) is 11.3. The fourth-order valence-electron chi connectivity index (χ4n) is 3.19. The van der Waals surface area contributed by atoms with E-state index in [1.807, 2.05) is 59.7 Å². The Morgan fingerprint density at radius 2 is 1.96 bits per heavy atom. The lowest BCUT2D eigenvalue weighted by atomic mass is 10.1. The van der Waals surface area contributed by atoms with Crippen molar-refractivity contribution in [3.63, 3.8) is 0 Å². The zero-order chi connectivity index (χ0) is 18.4. The summed E-state index contributed by atoms with van der Waals surface area (Å²) in [5, 5.41) is 4.98. The number of nitrogens with one attached hydrogen (secondary N) is 1. The molecule has 0 bridgehead atoms. The van der Waals surface area contributed by atoms with Gasteiger partial charge in [-0.15, -0.1) is 11.3 Å². The van der Waals surface area contributed by atoms with E-state index >= 15 is 0 Å². The molecule has 5 nitrogen and oxygen atoms in total. The second-order valence-corrected chi connectivity index (χ2v) is 7.53. The van der Waals surface area contributed by atoms with Crippen LogP contribution in [0, 0.1) is 0 Å². The van der Waals surface area contributed by atoms with Gasteiger partial charge in [0.2, 0.25) is 0 Å². The molecule has 0 fully saturated rings. The molecule has 0 aliphatic carbocycles. The minimum absolute atomic E-state index is 0.665. The number of nitrogens with zero attached hydrogens (tertiary/aromatic N) is 4. The quantitative estimate of drug-likeness (QED) is 0.432. The van der Waals surface area contributed by atoms with E-state index in [9.17, 15) is 0 Å². The second kappa shape index (κ2) is 6.33. The number of aryl methyl sites for hydroxylation is 1. The van der Waals surface area contributed by atoms with Gasteiger partial charge in [-0.3, -0.25) is 0 Å². The molecule has 3 heterocycles. The fraction of sp³-hybridized carbons (Fsp3) is 0.0500. The topological polar surface area (TPSA) is 55.6 Å². The summed E-state index contributed by atoms with van der Waals surface area (Å²) < 4.78 is 3.20. The molecule has 0 aliphatic rings. The van der Waals surface area contributed by atoms with Crippen LogP contribution in [-0.4, -0.2) is 19.5 Å². The maximum atomic E-state index is 6.53. The number of benzene rings is 2. The maximum Gasteiger partial charge on any atom is 0.141 e. The molecule has 27 heavy (non-hydrogen) atoms. The molecule has 5 rings (SSSR count). The third-order valence-electron chi connectivity index (χ3n) is 4.54. The molecule has 0 saturated carbocycles. The van der Waals surface area contributed by atoms with E-state index in [-0.39, 0.29) is 0 Å². The van der Waals surface area contributed by atoms with Crippen molar-refractivity contribution in [3.8, 4) is 11.3 Å². The van der Waals surface area contributed by atoms with Crippen LogP contribution < -0.4 is 5.32 Å². The summed E-state index contributed by atoms with van der Waals surface area (Å²) in [5.74, 6) is 0.738. The van der Waals surface area contributed by atoms with Gasteiger partial charge in [-0.1, -0.05) is 11.6 Å². The highest BCUT2D eigenvalue weighted by Gasteiger charge is 2.12. The zero-order valence-electron chi connectivity index (χ0n) is 14.3. The van der Waals surface area contributed by atoms with E-state index in [4.69, 9.17) is 11.6 Å². The van der Waals surface area contributed by atoms with Crippen molar-refractivity contribution in [1.29, 1.82) is 0 Å². The molecule has 132 valence electrons. The highest BCUT2D eigenvalue weighted by atomic mass is 35.5. The van der Waals surface area contributed by atoms with Crippen LogP contribution >= 0.6 is 22.9 Å². The lowest BCUT2D eigenvalue weighted by molar-refractivity contribution is 0.937. The van der Waals surface area contributed by atoms with Gasteiger partial charge in [0.15, 0.2) is 0 Å². The summed E-state index contributed by atoms with van der Waals surface area (Å²) in [6.45, 7) is 0. The van der Waals surface area contributed by atoms with E-state index in [0.29, 0.717) is 5.02 Å². The van der Waals surface area contributed by atoms with Crippen molar-refractivity contribution >= 4 is 55.6 Å². The third kappa shape index (κ3) is 2.83. The number of aromatic nitrogens is 4. The molecule has 3 aromatic heterocycles. The summed E-state index contributed by atoms with van der Waals surface area (Å²) in [4.78, 5) is 13.2. The van der Waals surface area contributed by atoms with Crippen molar-refractivity contribution < 1.29 is 0 Å². The number of halogens is 1. The average molecular weight is 392 g/mol. The Morgan fingerprint density at radius 3 is 2.81 bits per heavy atom. The summed E-state index contributed by atoms with van der Waals surface area (Å²) in [6, 6.07) is 14.1. The fourth-order valence-corrected chi connectivity index (χ4v) is 4.10. The summed E-state index contributed by atoms with van der Waals surface area (Å²) in [6.07, 6.45) is 3.55. The molecule has 0 amide bonds. The van der Waals surface area contributed by atoms with Gasteiger partial charge in [-0.05, 0) is 42.5 Å². The molecule has 5 aromatic rings. The van der Waals surface area contributed by atoms with Crippen molar-refractivity contribution in [1.82, 2.24) is 19.5 Å². The van der Waals surface area contributed by atoms with Gasteiger partial charge in [0.1, 0.15) is 12.1 Å². The van der Waals surface area contributed by atoms with Crippen LogP contribution in [0.25, 0.3) is 32.4 Å². The molecule has 0 aliphatic heterocycles. The predicted molar refractivity (Wildman–Crippen MR) is 112 cm³/mol. The van der Waals surface area contributed by atoms with Crippen LogP contribution in [0.3, 0.4) is 0 Å². The number of anilines is 2. The zero-order valence-corrected chi connectivity index (χ0v) is 15.9. The molecule has 1 N–H and O–H groups in total. The summed E-state index contributed by atoms with van der Waals surface area (Å²) in [5.41, 5.74) is 6.54. The monoisotopic (exact) mass is 391 g/mol. The molecule has 0 radical (unpaired) electrons. The summed E-state index contributed by atoms with van der Waals surface area (Å²) >= 11 is 8.16. The number of hydrogen-bond donors (Lipinski definition) is 1. The van der Waals surface area contributed by atoms with Crippen molar-refractivity contribution in [2.45, 2.75) is 0 Å². The number of thiazole rings is 1. The van der Waals surface area contributed by atoms with Crippen LogP contribution in [0.1, 0.15) is 0 Å². The molecule has 7 heteroatoms. The van der Waals surface area contributed by atoms with Crippen molar-refractivity contribution in [3.05, 3.63) is 65.5 Å². The Bertz CT molecular complexity index is 1290. The summed E-state index contributed by atoms with van der Waals surface area (Å²) in [7, 11) is 2.00. The van der Waals surface area contributed by atoms with Crippen LogP contribution in [-0.2, 0) is 7.05 Å². The average Bonchev–Trinajstić information content (AvgIpc) is 3.30. The Labute approximate surface area is 164 Å². The molecule has 0 spiro atoms. The van der Waals surface area contributed by atoms with E-state index in [2.05, 4.69) is 26.3 Å². The molecule has 0 saturated heterocycles.